The summed E-state index contributed by atoms with van der Waals surface area (Å²) in [7, 11) is 1.62. The molecule has 6 nitrogen and oxygen atoms in total. The highest BCUT2D eigenvalue weighted by Crippen LogP contribution is 2.26. The van der Waals surface area contributed by atoms with Crippen LogP contribution in [-0.2, 0) is 0 Å². The Labute approximate surface area is 115 Å². The Hall–Kier alpha value is -1.60. The lowest BCUT2D eigenvalue weighted by Gasteiger charge is -2.10. The normalized spacial score (nSPS) is 10.7. The third kappa shape index (κ3) is 3.24. The van der Waals surface area contributed by atoms with E-state index >= 15 is 0 Å². The lowest BCUT2D eigenvalue weighted by atomic mass is 10.2. The van der Waals surface area contributed by atoms with Crippen LogP contribution >= 0.6 is 11.8 Å². The van der Waals surface area contributed by atoms with Crippen LogP contribution in [0.3, 0.4) is 0 Å². The van der Waals surface area contributed by atoms with Crippen LogP contribution in [0.25, 0.3) is 5.69 Å². The Morgan fingerprint density at radius 2 is 2.26 bits per heavy atom. The number of thioether (sulfide) groups is 1. The van der Waals surface area contributed by atoms with Crippen molar-refractivity contribution in [1.82, 2.24) is 20.2 Å². The molecular weight excluding hydrogens is 264 g/mol. The van der Waals surface area contributed by atoms with Gasteiger partial charge in [-0.15, -0.1) is 5.10 Å². The van der Waals surface area contributed by atoms with Crippen LogP contribution in [0.1, 0.15) is 12.0 Å². The van der Waals surface area contributed by atoms with Crippen molar-refractivity contribution < 1.29 is 9.84 Å². The molecule has 1 N–H and O–H groups in total. The van der Waals surface area contributed by atoms with E-state index in [-0.39, 0.29) is 6.61 Å². The molecular formula is C12H16N4O2S. The van der Waals surface area contributed by atoms with Crippen LogP contribution in [0.15, 0.2) is 23.4 Å². The van der Waals surface area contributed by atoms with Crippen molar-refractivity contribution in [2.45, 2.75) is 18.5 Å². The molecule has 0 radical (unpaired) electrons. The molecule has 0 aliphatic rings. The van der Waals surface area contributed by atoms with Crippen molar-refractivity contribution in [2.24, 2.45) is 0 Å². The second kappa shape index (κ2) is 6.53. The molecule has 0 atom stereocenters. The molecule has 0 fully saturated rings. The molecule has 0 aliphatic heterocycles. The van der Waals surface area contributed by atoms with Crippen molar-refractivity contribution in [3.8, 4) is 11.4 Å². The number of nitrogens with zero attached hydrogens (tertiary/aromatic N) is 4. The third-order valence-corrected chi connectivity index (χ3v) is 3.54. The van der Waals surface area contributed by atoms with Crippen LogP contribution in [-0.4, -0.2) is 44.8 Å². The summed E-state index contributed by atoms with van der Waals surface area (Å²) in [6.07, 6.45) is 0.711. The molecule has 1 aromatic heterocycles. The van der Waals surface area contributed by atoms with Crippen LogP contribution in [0.4, 0.5) is 0 Å². The number of tetrazole rings is 1. The third-order valence-electron chi connectivity index (χ3n) is 2.54. The second-order valence-electron chi connectivity index (χ2n) is 3.97. The number of hydrogen-bond acceptors (Lipinski definition) is 6. The van der Waals surface area contributed by atoms with Gasteiger partial charge < -0.3 is 9.84 Å². The maximum Gasteiger partial charge on any atom is 0.214 e. The summed E-state index contributed by atoms with van der Waals surface area (Å²) in [4.78, 5) is 0. The molecule has 0 amide bonds. The van der Waals surface area contributed by atoms with Gasteiger partial charge in [-0.3, -0.25) is 0 Å². The number of aliphatic hydroxyl groups is 1. The van der Waals surface area contributed by atoms with E-state index in [1.54, 1.807) is 11.8 Å². The second-order valence-corrected chi connectivity index (χ2v) is 5.04. The molecule has 1 aromatic carbocycles. The standard InChI is InChI=1S/C12H16N4O2S/c1-9-4-5-11(18-2)10(8-9)16-12(13-14-15-16)19-7-3-6-17/h4-5,8,17H,3,6-7H2,1-2H3. The van der Waals surface area contributed by atoms with Gasteiger partial charge in [0.15, 0.2) is 0 Å². The molecule has 0 aliphatic carbocycles. The van der Waals surface area contributed by atoms with E-state index in [2.05, 4.69) is 15.5 Å². The zero-order valence-corrected chi connectivity index (χ0v) is 11.7. The summed E-state index contributed by atoms with van der Waals surface area (Å²) >= 11 is 1.51. The van der Waals surface area contributed by atoms with Crippen molar-refractivity contribution >= 4 is 11.8 Å². The van der Waals surface area contributed by atoms with E-state index in [9.17, 15) is 0 Å². The van der Waals surface area contributed by atoms with Crippen molar-refractivity contribution in [3.05, 3.63) is 23.8 Å². The number of methoxy groups -OCH3 is 1. The molecule has 2 rings (SSSR count). The Balaban J connectivity index is 2.31. The predicted molar refractivity (Wildman–Crippen MR) is 72.9 cm³/mol. The number of ether oxygens (including phenoxy) is 1. The Bertz CT molecular complexity index is 544. The van der Waals surface area contributed by atoms with Gasteiger partial charge in [-0.1, -0.05) is 17.8 Å². The summed E-state index contributed by atoms with van der Waals surface area (Å²) < 4.78 is 7.00. The number of rotatable bonds is 6. The highest BCUT2D eigenvalue weighted by atomic mass is 32.2. The molecule has 1 heterocycles. The SMILES string of the molecule is COc1ccc(C)cc1-n1nnnc1SCCCO. The molecule has 102 valence electrons. The van der Waals surface area contributed by atoms with Crippen molar-refractivity contribution in [2.75, 3.05) is 19.5 Å². The molecule has 2 aromatic rings. The first-order chi connectivity index (χ1) is 9.26. The number of benzene rings is 1. The van der Waals surface area contributed by atoms with Gasteiger partial charge in [0.1, 0.15) is 11.4 Å². The van der Waals surface area contributed by atoms with Crippen LogP contribution in [0.2, 0.25) is 0 Å². The molecule has 0 spiro atoms. The van der Waals surface area contributed by atoms with Gasteiger partial charge in [0.05, 0.1) is 7.11 Å². The minimum atomic E-state index is 0.169. The molecule has 0 bridgehead atoms. The summed E-state index contributed by atoms with van der Waals surface area (Å²) in [5.74, 6) is 1.49. The summed E-state index contributed by atoms with van der Waals surface area (Å²) in [6.45, 7) is 2.17. The number of aromatic nitrogens is 4. The van der Waals surface area contributed by atoms with Gasteiger partial charge in [0.25, 0.3) is 0 Å². The summed E-state index contributed by atoms with van der Waals surface area (Å²) in [6, 6.07) is 5.85. The average molecular weight is 280 g/mol. The Kier molecular flexibility index (Phi) is 4.75. The van der Waals surface area contributed by atoms with E-state index in [1.807, 2.05) is 25.1 Å². The number of hydrogen-bond donors (Lipinski definition) is 1. The summed E-state index contributed by atoms with van der Waals surface area (Å²) in [5, 5.41) is 21.2. The van der Waals surface area contributed by atoms with Crippen molar-refractivity contribution in [1.29, 1.82) is 0 Å². The first-order valence-electron chi connectivity index (χ1n) is 5.93. The first kappa shape index (κ1) is 13.8. The Morgan fingerprint density at radius 1 is 1.42 bits per heavy atom. The zero-order chi connectivity index (χ0) is 13.7. The zero-order valence-electron chi connectivity index (χ0n) is 10.9. The van der Waals surface area contributed by atoms with Crippen LogP contribution in [0.5, 0.6) is 5.75 Å². The highest BCUT2D eigenvalue weighted by Gasteiger charge is 2.13. The van der Waals surface area contributed by atoms with Gasteiger partial charge in [0, 0.05) is 12.4 Å². The lowest BCUT2D eigenvalue weighted by Crippen LogP contribution is -2.03. The maximum atomic E-state index is 8.81. The van der Waals surface area contributed by atoms with E-state index in [0.29, 0.717) is 11.6 Å². The van der Waals surface area contributed by atoms with Gasteiger partial charge in [0.2, 0.25) is 5.16 Å². The van der Waals surface area contributed by atoms with Gasteiger partial charge in [-0.2, -0.15) is 4.68 Å². The smallest absolute Gasteiger partial charge is 0.214 e. The minimum Gasteiger partial charge on any atom is -0.494 e. The fourth-order valence-electron chi connectivity index (χ4n) is 1.61. The van der Waals surface area contributed by atoms with Gasteiger partial charge >= 0.3 is 0 Å². The molecule has 7 heteroatoms. The minimum absolute atomic E-state index is 0.169. The molecule has 19 heavy (non-hydrogen) atoms. The number of aryl methyl sites for hydroxylation is 1. The topological polar surface area (TPSA) is 73.1 Å². The Morgan fingerprint density at radius 3 is 3.00 bits per heavy atom. The molecule has 0 saturated heterocycles. The quantitative estimate of drug-likeness (QED) is 0.638. The highest BCUT2D eigenvalue weighted by molar-refractivity contribution is 7.99. The fraction of sp³-hybridized carbons (Fsp3) is 0.417. The van der Waals surface area contributed by atoms with Crippen molar-refractivity contribution in [3.63, 3.8) is 0 Å². The molecule has 0 unspecified atom stereocenters. The molecule has 0 saturated carbocycles. The number of aliphatic hydroxyl groups excluding tert-OH is 1. The predicted octanol–water partition coefficient (Wildman–Crippen LogP) is 1.45. The van der Waals surface area contributed by atoms with E-state index in [1.165, 1.54) is 11.8 Å². The van der Waals surface area contributed by atoms with E-state index in [0.717, 1.165) is 22.8 Å². The maximum absolute atomic E-state index is 8.81. The van der Waals surface area contributed by atoms with E-state index < -0.39 is 0 Å². The van der Waals surface area contributed by atoms with Gasteiger partial charge in [-0.25, -0.2) is 0 Å². The summed E-state index contributed by atoms with van der Waals surface area (Å²) in [5.41, 5.74) is 1.93. The van der Waals surface area contributed by atoms with Crippen LogP contribution in [0, 0.1) is 6.92 Å². The van der Waals surface area contributed by atoms with Gasteiger partial charge in [-0.05, 0) is 41.5 Å². The fourth-order valence-corrected chi connectivity index (χ4v) is 2.42. The van der Waals surface area contributed by atoms with Crippen LogP contribution < -0.4 is 4.74 Å². The lowest BCUT2D eigenvalue weighted by molar-refractivity contribution is 0.296. The largest absolute Gasteiger partial charge is 0.494 e. The first-order valence-corrected chi connectivity index (χ1v) is 6.92. The van der Waals surface area contributed by atoms with E-state index in [4.69, 9.17) is 9.84 Å². The monoisotopic (exact) mass is 280 g/mol. The average Bonchev–Trinajstić information content (AvgIpc) is 2.87.